The summed E-state index contributed by atoms with van der Waals surface area (Å²) in [5.74, 6) is 1.84. The molecule has 4 heterocycles. The summed E-state index contributed by atoms with van der Waals surface area (Å²) in [6, 6.07) is 22.7. The van der Waals surface area contributed by atoms with Crippen molar-refractivity contribution in [1.29, 1.82) is 0 Å². The second-order valence-electron chi connectivity index (χ2n) is 19.1. The van der Waals surface area contributed by atoms with Crippen molar-refractivity contribution in [3.8, 4) is 0 Å². The highest BCUT2D eigenvalue weighted by atomic mass is 32.1. The van der Waals surface area contributed by atoms with Gasteiger partial charge in [0, 0.05) is 37.9 Å². The lowest BCUT2D eigenvalue weighted by Gasteiger charge is -2.47. The number of benzene rings is 4. The molecule has 8 aromatic rings. The Bertz CT molecular complexity index is 3760. The van der Waals surface area contributed by atoms with E-state index in [9.17, 15) is 19.2 Å². The van der Waals surface area contributed by atoms with E-state index in [1.165, 1.54) is 22.7 Å². The molecule has 4 aliphatic carbocycles. The first-order valence-electron chi connectivity index (χ1n) is 23.2. The molecule has 0 amide bonds. The maximum Gasteiger partial charge on any atom is 0.216 e. The normalized spacial score (nSPS) is 22.4. The van der Waals surface area contributed by atoms with E-state index in [1.807, 2.05) is 48.5 Å². The molecule has 66 heavy (non-hydrogen) atoms. The second-order valence-corrected chi connectivity index (χ2v) is 21.1. The fraction of sp³-hybridized carbons (Fsp3) is 0.296. The molecule has 3 atom stereocenters. The minimum absolute atomic E-state index is 0.0166. The Labute approximate surface area is 384 Å². The number of hydrogen-bond acceptors (Lipinski definition) is 12. The number of fused-ring (bicyclic) bond motifs is 13. The molecule has 6 aliphatic rings. The molecule has 2 spiro atoms. The third-order valence-corrected chi connectivity index (χ3v) is 17.4. The quantitative estimate of drug-likeness (QED) is 0.167. The van der Waals surface area contributed by atoms with Crippen LogP contribution in [0.5, 0.6) is 0 Å². The van der Waals surface area contributed by atoms with Crippen molar-refractivity contribution in [3.05, 3.63) is 175 Å². The fourth-order valence-electron chi connectivity index (χ4n) is 12.1. The molecule has 12 heteroatoms. The van der Waals surface area contributed by atoms with Gasteiger partial charge in [0.25, 0.3) is 0 Å². The van der Waals surface area contributed by atoms with Crippen LogP contribution in [0.4, 0.5) is 10.3 Å². The second kappa shape index (κ2) is 14.0. The molecule has 0 N–H and O–H groups in total. The van der Waals surface area contributed by atoms with E-state index >= 15 is 0 Å². The van der Waals surface area contributed by atoms with Crippen LogP contribution in [0.25, 0.3) is 48.7 Å². The largest absolute Gasteiger partial charge is 0.485 e. The number of nitrogens with zero attached hydrogens (tertiary/aromatic N) is 4. The number of thiazole rings is 2. The Kier molecular flexibility index (Phi) is 8.22. The Balaban J connectivity index is 0.873. The molecule has 0 radical (unpaired) electrons. The van der Waals surface area contributed by atoms with Crippen molar-refractivity contribution >= 4 is 81.6 Å². The van der Waals surface area contributed by atoms with Gasteiger partial charge in [0.05, 0.1) is 10.8 Å². The molecular weight excluding hydrogens is 865 g/mol. The third kappa shape index (κ3) is 5.57. The zero-order chi connectivity index (χ0) is 44.1. The zero-order valence-electron chi connectivity index (χ0n) is 35.7. The van der Waals surface area contributed by atoms with Crippen LogP contribution in [0, 0.1) is 11.8 Å². The molecule has 0 saturated heterocycles. The standard InChI is InChI=1S/C54H40N4O6S2/c59-43-33-19-27-11-3-4-12-28(27)20-34(33)44(60)41(43)55-51-57-49-47(65-51)37-23-32-26-40-38(24-31(32)25-39(37)63-53(49)15-7-1-8-16-53)48-50(54(64-40)17-9-2-10-18-54)58-52(66-48)56-42-45(61)35-21-29-13-5-6-14-30(29)22-36(35)46(42)62/h3-6,11-14,19-23,25-26,31-32,38H,1-2,7-10,15-18,24H2. The van der Waals surface area contributed by atoms with Crippen LogP contribution in [0.3, 0.4) is 0 Å². The summed E-state index contributed by atoms with van der Waals surface area (Å²) in [6.07, 6.45) is 17.2. The van der Waals surface area contributed by atoms with E-state index in [4.69, 9.17) is 29.4 Å². The van der Waals surface area contributed by atoms with Crippen molar-refractivity contribution in [2.45, 2.75) is 87.7 Å². The van der Waals surface area contributed by atoms with Gasteiger partial charge in [0.2, 0.25) is 32.0 Å². The summed E-state index contributed by atoms with van der Waals surface area (Å²) < 4.78 is 14.4. The number of allylic oxidation sites excluding steroid dienone is 5. The lowest BCUT2D eigenvalue weighted by molar-refractivity contribution is -0.0586. The highest BCUT2D eigenvalue weighted by Crippen LogP contribution is 2.60. The molecule has 2 saturated carbocycles. The highest BCUT2D eigenvalue weighted by Gasteiger charge is 2.52. The van der Waals surface area contributed by atoms with E-state index in [0.29, 0.717) is 31.8 Å². The molecule has 14 rings (SSSR count). The number of hydrogen-bond donors (Lipinski definition) is 0. The van der Waals surface area contributed by atoms with Gasteiger partial charge in [-0.25, -0.2) is 20.0 Å². The molecule has 10 nitrogen and oxygen atoms in total. The first kappa shape index (κ1) is 38.7. The van der Waals surface area contributed by atoms with Gasteiger partial charge in [-0.15, -0.1) is 0 Å². The summed E-state index contributed by atoms with van der Waals surface area (Å²) in [4.78, 5) is 77.1. The molecule has 2 aliphatic heterocycles. The SMILES string of the molecule is O=c1c(=Nc2nc3c(s2)C2=CC4C=C5OC6(CCCCC6)c6nc(N=c7c(=O)c8cc9ccccc9cc8c7=O)sc6C5CC4C=C2OC32CCCCC2)c(=O)c2cc3ccccc3cc12. The molecule has 324 valence electrons. The minimum atomic E-state index is -0.625. The first-order chi connectivity index (χ1) is 32.2. The van der Waals surface area contributed by atoms with Crippen molar-refractivity contribution in [2.24, 2.45) is 21.8 Å². The van der Waals surface area contributed by atoms with E-state index < -0.39 is 11.2 Å². The number of ether oxygens (including phenoxy) is 2. The monoisotopic (exact) mass is 904 g/mol. The van der Waals surface area contributed by atoms with Gasteiger partial charge in [0.1, 0.15) is 22.9 Å². The van der Waals surface area contributed by atoms with Crippen molar-refractivity contribution < 1.29 is 9.47 Å². The molecule has 2 aromatic heterocycles. The topological polar surface area (TPSA) is 137 Å². The van der Waals surface area contributed by atoms with Crippen LogP contribution in [0.2, 0.25) is 0 Å². The predicted octanol–water partition coefficient (Wildman–Crippen LogP) is 9.83. The smallest absolute Gasteiger partial charge is 0.216 e. The van der Waals surface area contributed by atoms with Crippen LogP contribution >= 0.6 is 22.7 Å². The van der Waals surface area contributed by atoms with Crippen LogP contribution in [-0.4, -0.2) is 9.97 Å². The Hall–Kier alpha value is -6.50. The van der Waals surface area contributed by atoms with Crippen LogP contribution < -0.4 is 32.4 Å². The first-order valence-corrected chi connectivity index (χ1v) is 24.8. The lowest BCUT2D eigenvalue weighted by Crippen LogP contribution is -2.40. The van der Waals surface area contributed by atoms with Gasteiger partial charge >= 0.3 is 0 Å². The van der Waals surface area contributed by atoms with Crippen molar-refractivity contribution in [3.63, 3.8) is 0 Å². The highest BCUT2D eigenvalue weighted by molar-refractivity contribution is 7.16. The molecule has 2 fully saturated rings. The third-order valence-electron chi connectivity index (χ3n) is 15.3. The van der Waals surface area contributed by atoms with Gasteiger partial charge < -0.3 is 9.47 Å². The molecule has 0 bridgehead atoms. The summed E-state index contributed by atoms with van der Waals surface area (Å²) in [5, 5.41) is 5.80. The van der Waals surface area contributed by atoms with Gasteiger partial charge in [-0.05, 0) is 122 Å². The van der Waals surface area contributed by atoms with E-state index in [0.717, 1.165) is 130 Å². The van der Waals surface area contributed by atoms with Crippen LogP contribution in [-0.2, 0) is 20.7 Å². The van der Waals surface area contributed by atoms with Gasteiger partial charge in [-0.2, -0.15) is 0 Å². The maximum atomic E-state index is 13.8. The van der Waals surface area contributed by atoms with Crippen molar-refractivity contribution in [2.75, 3.05) is 0 Å². The van der Waals surface area contributed by atoms with Gasteiger partial charge in [-0.3, -0.25) is 19.2 Å². The lowest BCUT2D eigenvalue weighted by atomic mass is 9.69. The minimum Gasteiger partial charge on any atom is -0.485 e. The summed E-state index contributed by atoms with van der Waals surface area (Å²) in [6.45, 7) is 0. The van der Waals surface area contributed by atoms with Crippen LogP contribution in [0.1, 0.15) is 97.7 Å². The van der Waals surface area contributed by atoms with Crippen molar-refractivity contribution in [1.82, 2.24) is 9.97 Å². The van der Waals surface area contributed by atoms with Gasteiger partial charge in [-0.1, -0.05) is 90.1 Å². The van der Waals surface area contributed by atoms with E-state index in [2.05, 4.69) is 18.2 Å². The molecule has 3 unspecified atom stereocenters. The number of rotatable bonds is 2. The Morgan fingerprint density at radius 1 is 0.561 bits per heavy atom. The molecular formula is C54H40N4O6S2. The predicted molar refractivity (Wildman–Crippen MR) is 258 cm³/mol. The molecule has 6 aromatic carbocycles. The average Bonchev–Trinajstić information content (AvgIpc) is 4.09. The van der Waals surface area contributed by atoms with Crippen LogP contribution in [0.15, 0.2) is 132 Å². The Morgan fingerprint density at radius 3 is 1.58 bits per heavy atom. The fourth-order valence-corrected chi connectivity index (χ4v) is 14.3. The summed E-state index contributed by atoms with van der Waals surface area (Å²) in [7, 11) is 0. The average molecular weight is 905 g/mol. The van der Waals surface area contributed by atoms with Gasteiger partial charge in [0.15, 0.2) is 21.9 Å². The maximum absolute atomic E-state index is 13.8. The van der Waals surface area contributed by atoms with E-state index in [1.54, 1.807) is 24.3 Å². The zero-order valence-corrected chi connectivity index (χ0v) is 37.4. The summed E-state index contributed by atoms with van der Waals surface area (Å²) >= 11 is 2.92. The Morgan fingerprint density at radius 2 is 1.05 bits per heavy atom. The number of aromatic nitrogens is 2. The van der Waals surface area contributed by atoms with E-state index in [-0.39, 0.29) is 50.2 Å². The summed E-state index contributed by atoms with van der Waals surface area (Å²) in [5.41, 5.74) is 0.0453.